The SMILES string of the molecule is CCCCNc1c(N(C)C)c(=O)c1=O. The van der Waals surface area contributed by atoms with Gasteiger partial charge in [0.2, 0.25) is 0 Å². The first-order valence-corrected chi connectivity index (χ1v) is 4.84. The summed E-state index contributed by atoms with van der Waals surface area (Å²) in [6.07, 6.45) is 2.07. The fourth-order valence-electron chi connectivity index (χ4n) is 1.36. The van der Waals surface area contributed by atoms with Crippen LogP contribution in [0.2, 0.25) is 0 Å². The molecular formula is C10H16N2O2. The summed E-state index contributed by atoms with van der Waals surface area (Å²) < 4.78 is 0. The number of unbranched alkanes of at least 4 members (excludes halogenated alkanes) is 1. The predicted molar refractivity (Wildman–Crippen MR) is 59.1 cm³/mol. The third-order valence-electron chi connectivity index (χ3n) is 2.16. The Labute approximate surface area is 83.2 Å². The summed E-state index contributed by atoms with van der Waals surface area (Å²) in [6, 6.07) is 0. The zero-order valence-electron chi connectivity index (χ0n) is 8.89. The van der Waals surface area contributed by atoms with Crippen molar-refractivity contribution in [2.24, 2.45) is 0 Å². The number of hydrogen-bond acceptors (Lipinski definition) is 4. The molecule has 0 saturated carbocycles. The van der Waals surface area contributed by atoms with Crippen molar-refractivity contribution >= 4 is 11.4 Å². The molecule has 0 radical (unpaired) electrons. The average Bonchev–Trinajstić information content (AvgIpc) is 2.15. The second-order valence-electron chi connectivity index (χ2n) is 3.56. The Kier molecular flexibility index (Phi) is 3.28. The van der Waals surface area contributed by atoms with Gasteiger partial charge in [0.05, 0.1) is 0 Å². The minimum atomic E-state index is -0.384. The van der Waals surface area contributed by atoms with E-state index in [0.717, 1.165) is 19.4 Å². The number of nitrogens with zero attached hydrogens (tertiary/aromatic N) is 1. The van der Waals surface area contributed by atoms with Crippen LogP contribution in [0.5, 0.6) is 0 Å². The normalized spacial score (nSPS) is 10.5. The maximum absolute atomic E-state index is 11.2. The van der Waals surface area contributed by atoms with Crippen molar-refractivity contribution in [2.75, 3.05) is 30.9 Å². The van der Waals surface area contributed by atoms with Crippen LogP contribution in [0.15, 0.2) is 9.59 Å². The number of anilines is 2. The fourth-order valence-corrected chi connectivity index (χ4v) is 1.36. The van der Waals surface area contributed by atoms with E-state index in [1.807, 2.05) is 0 Å². The molecule has 0 spiro atoms. The molecule has 14 heavy (non-hydrogen) atoms. The molecule has 0 heterocycles. The van der Waals surface area contributed by atoms with Gasteiger partial charge >= 0.3 is 0 Å². The maximum Gasteiger partial charge on any atom is 0.253 e. The van der Waals surface area contributed by atoms with Crippen LogP contribution in [0.4, 0.5) is 11.4 Å². The van der Waals surface area contributed by atoms with Gasteiger partial charge in [0, 0.05) is 20.6 Å². The van der Waals surface area contributed by atoms with Crippen LogP contribution in [-0.2, 0) is 0 Å². The average molecular weight is 196 g/mol. The van der Waals surface area contributed by atoms with Gasteiger partial charge in [-0.25, -0.2) is 0 Å². The van der Waals surface area contributed by atoms with E-state index in [4.69, 9.17) is 0 Å². The van der Waals surface area contributed by atoms with E-state index >= 15 is 0 Å². The van der Waals surface area contributed by atoms with E-state index in [1.54, 1.807) is 19.0 Å². The van der Waals surface area contributed by atoms with Gasteiger partial charge in [0.25, 0.3) is 10.9 Å². The molecule has 0 aliphatic carbocycles. The van der Waals surface area contributed by atoms with Gasteiger partial charge in [-0.15, -0.1) is 0 Å². The summed E-state index contributed by atoms with van der Waals surface area (Å²) in [5.74, 6) is 0. The summed E-state index contributed by atoms with van der Waals surface area (Å²) in [5, 5.41) is 3.00. The van der Waals surface area contributed by atoms with Crippen molar-refractivity contribution in [2.45, 2.75) is 19.8 Å². The minimum absolute atomic E-state index is 0.381. The van der Waals surface area contributed by atoms with Crippen LogP contribution in [0, 0.1) is 0 Å². The van der Waals surface area contributed by atoms with Gasteiger partial charge in [-0.05, 0) is 6.42 Å². The molecule has 0 amide bonds. The van der Waals surface area contributed by atoms with Crippen molar-refractivity contribution in [1.29, 1.82) is 0 Å². The standard InChI is InChI=1S/C10H16N2O2/c1-4-5-6-11-7-8(12(2)3)10(14)9(7)13/h11H,4-6H2,1-3H3. The molecule has 0 aliphatic rings. The van der Waals surface area contributed by atoms with Crippen molar-refractivity contribution in [1.82, 2.24) is 0 Å². The lowest BCUT2D eigenvalue weighted by molar-refractivity contribution is 0.831. The second-order valence-corrected chi connectivity index (χ2v) is 3.56. The molecule has 0 unspecified atom stereocenters. The van der Waals surface area contributed by atoms with Crippen LogP contribution in [0.25, 0.3) is 0 Å². The highest BCUT2D eigenvalue weighted by Gasteiger charge is 2.21. The van der Waals surface area contributed by atoms with Gasteiger partial charge in [0.1, 0.15) is 11.4 Å². The molecule has 0 aliphatic heterocycles. The van der Waals surface area contributed by atoms with E-state index in [0.29, 0.717) is 11.4 Å². The highest BCUT2D eigenvalue weighted by Crippen LogP contribution is 2.16. The smallest absolute Gasteiger partial charge is 0.253 e. The van der Waals surface area contributed by atoms with Crippen molar-refractivity contribution in [3.8, 4) is 0 Å². The Morgan fingerprint density at radius 1 is 1.21 bits per heavy atom. The van der Waals surface area contributed by atoms with E-state index < -0.39 is 0 Å². The van der Waals surface area contributed by atoms with Gasteiger partial charge in [-0.3, -0.25) is 9.59 Å². The lowest BCUT2D eigenvalue weighted by Gasteiger charge is -2.18. The molecule has 78 valence electrons. The van der Waals surface area contributed by atoms with Crippen LogP contribution in [0.1, 0.15) is 19.8 Å². The zero-order chi connectivity index (χ0) is 10.7. The molecule has 1 aromatic carbocycles. The Balaban J connectivity index is 2.73. The predicted octanol–water partition coefficient (Wildman–Crippen LogP) is 0.561. The Morgan fingerprint density at radius 3 is 2.36 bits per heavy atom. The molecule has 1 rings (SSSR count). The lowest BCUT2D eigenvalue weighted by Crippen LogP contribution is -2.40. The van der Waals surface area contributed by atoms with Crippen LogP contribution >= 0.6 is 0 Å². The largest absolute Gasteiger partial charge is 0.380 e. The van der Waals surface area contributed by atoms with E-state index in [9.17, 15) is 9.59 Å². The first kappa shape index (κ1) is 10.8. The van der Waals surface area contributed by atoms with Gasteiger partial charge in [-0.1, -0.05) is 13.3 Å². The third kappa shape index (κ3) is 1.78. The highest BCUT2D eigenvalue weighted by molar-refractivity contribution is 5.74. The Morgan fingerprint density at radius 2 is 1.86 bits per heavy atom. The Hall–Kier alpha value is -1.32. The molecule has 0 bridgehead atoms. The second kappa shape index (κ2) is 4.26. The first-order chi connectivity index (χ1) is 6.59. The third-order valence-corrected chi connectivity index (χ3v) is 2.16. The molecule has 1 aromatic rings. The molecule has 0 fully saturated rings. The van der Waals surface area contributed by atoms with Crippen molar-refractivity contribution < 1.29 is 0 Å². The molecule has 4 nitrogen and oxygen atoms in total. The topological polar surface area (TPSA) is 49.4 Å². The summed E-state index contributed by atoms with van der Waals surface area (Å²) in [5.41, 5.74) is 0.221. The highest BCUT2D eigenvalue weighted by atomic mass is 16.2. The summed E-state index contributed by atoms with van der Waals surface area (Å²) in [4.78, 5) is 24.0. The van der Waals surface area contributed by atoms with Gasteiger partial charge < -0.3 is 10.2 Å². The summed E-state index contributed by atoms with van der Waals surface area (Å²) in [7, 11) is 3.53. The quantitative estimate of drug-likeness (QED) is 0.552. The Bertz CT molecular complexity index is 375. The van der Waals surface area contributed by atoms with Crippen molar-refractivity contribution in [3.05, 3.63) is 20.4 Å². The van der Waals surface area contributed by atoms with Crippen LogP contribution < -0.4 is 21.1 Å². The zero-order valence-corrected chi connectivity index (χ0v) is 8.89. The fraction of sp³-hybridized carbons (Fsp3) is 0.600. The number of nitrogens with one attached hydrogen (secondary N) is 1. The van der Waals surface area contributed by atoms with Crippen LogP contribution in [-0.4, -0.2) is 20.6 Å². The van der Waals surface area contributed by atoms with Crippen LogP contribution in [0.3, 0.4) is 0 Å². The first-order valence-electron chi connectivity index (χ1n) is 4.84. The summed E-state index contributed by atoms with van der Waals surface area (Å²) >= 11 is 0. The molecule has 0 aromatic heterocycles. The maximum atomic E-state index is 11.2. The van der Waals surface area contributed by atoms with Crippen molar-refractivity contribution in [3.63, 3.8) is 0 Å². The van der Waals surface area contributed by atoms with Gasteiger partial charge in [-0.2, -0.15) is 0 Å². The molecule has 0 atom stereocenters. The van der Waals surface area contributed by atoms with E-state index in [1.165, 1.54) is 0 Å². The lowest BCUT2D eigenvalue weighted by atomic mass is 10.1. The van der Waals surface area contributed by atoms with Gasteiger partial charge in [0.15, 0.2) is 0 Å². The van der Waals surface area contributed by atoms with E-state index in [-0.39, 0.29) is 10.9 Å². The number of rotatable bonds is 5. The molecule has 4 heteroatoms. The number of hydrogen-bond donors (Lipinski definition) is 1. The molecule has 1 N–H and O–H groups in total. The molecular weight excluding hydrogens is 180 g/mol. The summed E-state index contributed by atoms with van der Waals surface area (Å²) in [6.45, 7) is 2.83. The van der Waals surface area contributed by atoms with E-state index in [2.05, 4.69) is 12.2 Å². The minimum Gasteiger partial charge on any atom is -0.380 e. The monoisotopic (exact) mass is 196 g/mol. The molecule has 0 saturated heterocycles.